The van der Waals surface area contributed by atoms with Gasteiger partial charge in [-0.25, -0.2) is 0 Å². The Kier molecular flexibility index (Phi) is 4.10. The Labute approximate surface area is 112 Å². The minimum Gasteiger partial charge on any atom is -0.496 e. The quantitative estimate of drug-likeness (QED) is 0.925. The predicted octanol–water partition coefficient (Wildman–Crippen LogP) is 3.62. The number of benzene rings is 1. The SMILES string of the molecule is COc1cccc(Br)c1C1(CN)CCCCC1. The van der Waals surface area contributed by atoms with Crippen LogP contribution in [-0.2, 0) is 5.41 Å². The van der Waals surface area contributed by atoms with E-state index < -0.39 is 0 Å². The van der Waals surface area contributed by atoms with Gasteiger partial charge in [-0.2, -0.15) is 0 Å². The summed E-state index contributed by atoms with van der Waals surface area (Å²) in [6, 6.07) is 6.13. The molecule has 0 spiro atoms. The smallest absolute Gasteiger partial charge is 0.123 e. The average Bonchev–Trinajstić information content (AvgIpc) is 2.39. The van der Waals surface area contributed by atoms with Crippen LogP contribution < -0.4 is 10.5 Å². The molecule has 1 aromatic rings. The van der Waals surface area contributed by atoms with Gasteiger partial charge in [0.05, 0.1) is 7.11 Å². The first kappa shape index (κ1) is 12.9. The first-order valence-electron chi connectivity index (χ1n) is 6.26. The summed E-state index contributed by atoms with van der Waals surface area (Å²) in [5.41, 5.74) is 7.46. The molecule has 1 saturated carbocycles. The molecule has 94 valence electrons. The Bertz CT molecular complexity index is 386. The Hall–Kier alpha value is -0.540. The van der Waals surface area contributed by atoms with Crippen LogP contribution >= 0.6 is 15.9 Å². The third kappa shape index (κ3) is 2.36. The summed E-state index contributed by atoms with van der Waals surface area (Å²) < 4.78 is 6.65. The third-order valence-corrected chi connectivity index (χ3v) is 4.59. The molecule has 2 rings (SSSR count). The summed E-state index contributed by atoms with van der Waals surface area (Å²) in [5, 5.41) is 0. The predicted molar refractivity (Wildman–Crippen MR) is 74.5 cm³/mol. The van der Waals surface area contributed by atoms with E-state index in [2.05, 4.69) is 22.0 Å². The highest BCUT2D eigenvalue weighted by Gasteiger charge is 2.36. The maximum absolute atomic E-state index is 6.09. The zero-order chi connectivity index (χ0) is 12.3. The molecule has 1 aliphatic carbocycles. The van der Waals surface area contributed by atoms with Gasteiger partial charge in [0.1, 0.15) is 5.75 Å². The molecule has 0 aromatic heterocycles. The molecular weight excluding hydrogens is 278 g/mol. The van der Waals surface area contributed by atoms with Gasteiger partial charge in [0.2, 0.25) is 0 Å². The van der Waals surface area contributed by atoms with Crippen LogP contribution in [0.25, 0.3) is 0 Å². The Morgan fingerprint density at radius 2 is 2.00 bits per heavy atom. The lowest BCUT2D eigenvalue weighted by atomic mass is 9.69. The van der Waals surface area contributed by atoms with Crippen molar-refractivity contribution in [1.29, 1.82) is 0 Å². The van der Waals surface area contributed by atoms with Crippen molar-refractivity contribution >= 4 is 15.9 Å². The van der Waals surface area contributed by atoms with Gasteiger partial charge in [-0.05, 0) is 25.0 Å². The van der Waals surface area contributed by atoms with Crippen LogP contribution in [0.4, 0.5) is 0 Å². The fraction of sp³-hybridized carbons (Fsp3) is 0.571. The monoisotopic (exact) mass is 297 g/mol. The Balaban J connectivity index is 2.49. The fourth-order valence-electron chi connectivity index (χ4n) is 2.97. The molecule has 0 atom stereocenters. The van der Waals surface area contributed by atoms with Gasteiger partial charge in [0, 0.05) is 22.0 Å². The van der Waals surface area contributed by atoms with Gasteiger partial charge in [-0.15, -0.1) is 0 Å². The van der Waals surface area contributed by atoms with E-state index in [0.29, 0.717) is 6.54 Å². The van der Waals surface area contributed by atoms with Gasteiger partial charge in [-0.3, -0.25) is 0 Å². The summed E-state index contributed by atoms with van der Waals surface area (Å²) in [4.78, 5) is 0. The maximum Gasteiger partial charge on any atom is 0.123 e. The zero-order valence-corrected chi connectivity index (χ0v) is 11.9. The number of rotatable bonds is 3. The van der Waals surface area contributed by atoms with Crippen LogP contribution in [-0.4, -0.2) is 13.7 Å². The normalized spacial score (nSPS) is 19.0. The minimum atomic E-state index is 0.101. The molecule has 3 heteroatoms. The molecular formula is C14H20BrNO. The van der Waals surface area contributed by atoms with E-state index in [9.17, 15) is 0 Å². The van der Waals surface area contributed by atoms with Crippen LogP contribution in [0.2, 0.25) is 0 Å². The van der Waals surface area contributed by atoms with Crippen LogP contribution in [0.15, 0.2) is 22.7 Å². The number of nitrogens with two attached hydrogens (primary N) is 1. The fourth-order valence-corrected chi connectivity index (χ4v) is 3.74. The molecule has 1 fully saturated rings. The van der Waals surface area contributed by atoms with Gasteiger partial charge in [-0.1, -0.05) is 41.3 Å². The second-order valence-corrected chi connectivity index (χ2v) is 5.72. The molecule has 0 unspecified atom stereocenters. The third-order valence-electron chi connectivity index (χ3n) is 3.93. The molecule has 2 nitrogen and oxygen atoms in total. The van der Waals surface area contributed by atoms with E-state index in [0.717, 1.165) is 10.2 Å². The topological polar surface area (TPSA) is 35.2 Å². The van der Waals surface area contributed by atoms with Crippen molar-refractivity contribution in [1.82, 2.24) is 0 Å². The van der Waals surface area contributed by atoms with Crippen LogP contribution in [0.1, 0.15) is 37.7 Å². The summed E-state index contributed by atoms with van der Waals surface area (Å²) >= 11 is 3.66. The van der Waals surface area contributed by atoms with Crippen LogP contribution in [0, 0.1) is 0 Å². The lowest BCUT2D eigenvalue weighted by Crippen LogP contribution is -2.37. The lowest BCUT2D eigenvalue weighted by molar-refractivity contribution is 0.286. The second kappa shape index (κ2) is 5.40. The molecule has 0 saturated heterocycles. The van der Waals surface area contributed by atoms with Gasteiger partial charge in [0.15, 0.2) is 0 Å². The van der Waals surface area contributed by atoms with Gasteiger partial charge < -0.3 is 10.5 Å². The summed E-state index contributed by atoms with van der Waals surface area (Å²) in [5.74, 6) is 0.965. The summed E-state index contributed by atoms with van der Waals surface area (Å²) in [6.07, 6.45) is 6.20. The van der Waals surface area contributed by atoms with E-state index in [1.807, 2.05) is 12.1 Å². The molecule has 0 amide bonds. The molecule has 1 aliphatic rings. The molecule has 17 heavy (non-hydrogen) atoms. The molecule has 0 bridgehead atoms. The van der Waals surface area contributed by atoms with Crippen molar-refractivity contribution in [2.75, 3.05) is 13.7 Å². The Morgan fingerprint density at radius 3 is 2.59 bits per heavy atom. The van der Waals surface area contributed by atoms with Crippen molar-refractivity contribution in [3.05, 3.63) is 28.2 Å². The van der Waals surface area contributed by atoms with Crippen molar-refractivity contribution in [2.24, 2.45) is 5.73 Å². The number of ether oxygens (including phenoxy) is 1. The van der Waals surface area contributed by atoms with E-state index in [1.54, 1.807) is 7.11 Å². The molecule has 2 N–H and O–H groups in total. The highest BCUT2D eigenvalue weighted by Crippen LogP contribution is 2.45. The second-order valence-electron chi connectivity index (χ2n) is 4.86. The van der Waals surface area contributed by atoms with E-state index >= 15 is 0 Å². The maximum atomic E-state index is 6.09. The van der Waals surface area contributed by atoms with Gasteiger partial charge in [0.25, 0.3) is 0 Å². The summed E-state index contributed by atoms with van der Waals surface area (Å²) in [6.45, 7) is 0.700. The summed E-state index contributed by atoms with van der Waals surface area (Å²) in [7, 11) is 1.73. The number of hydrogen-bond donors (Lipinski definition) is 1. The minimum absolute atomic E-state index is 0.101. The number of methoxy groups -OCH3 is 1. The molecule has 0 aliphatic heterocycles. The molecule has 1 aromatic carbocycles. The molecule has 0 heterocycles. The first-order chi connectivity index (χ1) is 8.23. The zero-order valence-electron chi connectivity index (χ0n) is 10.3. The molecule has 0 radical (unpaired) electrons. The van der Waals surface area contributed by atoms with E-state index in [-0.39, 0.29) is 5.41 Å². The van der Waals surface area contributed by atoms with E-state index in [4.69, 9.17) is 10.5 Å². The van der Waals surface area contributed by atoms with Crippen LogP contribution in [0.3, 0.4) is 0 Å². The van der Waals surface area contributed by atoms with Crippen molar-refractivity contribution in [2.45, 2.75) is 37.5 Å². The van der Waals surface area contributed by atoms with Crippen LogP contribution in [0.5, 0.6) is 5.75 Å². The highest BCUT2D eigenvalue weighted by molar-refractivity contribution is 9.10. The highest BCUT2D eigenvalue weighted by atomic mass is 79.9. The standard InChI is InChI=1S/C14H20BrNO/c1-17-12-7-5-6-11(15)13(12)14(10-16)8-3-2-4-9-14/h5-7H,2-4,8-10,16H2,1H3. The number of hydrogen-bond acceptors (Lipinski definition) is 2. The van der Waals surface area contributed by atoms with E-state index in [1.165, 1.54) is 37.7 Å². The van der Waals surface area contributed by atoms with Crippen molar-refractivity contribution in [3.8, 4) is 5.75 Å². The lowest BCUT2D eigenvalue weighted by Gasteiger charge is -2.38. The van der Waals surface area contributed by atoms with Gasteiger partial charge >= 0.3 is 0 Å². The Morgan fingerprint density at radius 1 is 1.29 bits per heavy atom. The average molecular weight is 298 g/mol. The van der Waals surface area contributed by atoms with Crippen molar-refractivity contribution < 1.29 is 4.74 Å². The van der Waals surface area contributed by atoms with Crippen molar-refractivity contribution in [3.63, 3.8) is 0 Å². The largest absolute Gasteiger partial charge is 0.496 e. The first-order valence-corrected chi connectivity index (χ1v) is 7.06. The number of halogens is 1.